The van der Waals surface area contributed by atoms with Gasteiger partial charge in [-0.05, 0) is 25.1 Å². The Morgan fingerprint density at radius 3 is 2.76 bits per heavy atom. The fourth-order valence-corrected chi connectivity index (χ4v) is 3.13. The normalized spacial score (nSPS) is 17.1. The predicted octanol–water partition coefficient (Wildman–Crippen LogP) is 3.54. The lowest BCUT2D eigenvalue weighted by atomic mass is 9.96. The van der Waals surface area contributed by atoms with Crippen LogP contribution in [-0.2, 0) is 9.59 Å². The number of likely N-dealkylation sites (N-methyl/N-ethyl adjacent to an activating group) is 1. The Morgan fingerprint density at radius 1 is 1.36 bits per heavy atom. The number of fused-ring (bicyclic) bond motifs is 1. The molecule has 0 spiro atoms. The molecule has 2 aromatic rings. The number of nitrogens with zero attached hydrogens (tertiary/aromatic N) is 2. The Morgan fingerprint density at radius 2 is 2.08 bits per heavy atom. The van der Waals surface area contributed by atoms with E-state index in [2.05, 4.69) is 10.3 Å². The van der Waals surface area contributed by atoms with Crippen LogP contribution in [0.2, 0.25) is 0 Å². The van der Waals surface area contributed by atoms with E-state index in [-0.39, 0.29) is 11.8 Å². The first-order chi connectivity index (χ1) is 11.7. The van der Waals surface area contributed by atoms with Gasteiger partial charge in [-0.3, -0.25) is 9.59 Å². The van der Waals surface area contributed by atoms with Crippen LogP contribution in [0.25, 0.3) is 11.3 Å². The second-order valence-electron chi connectivity index (χ2n) is 7.08. The minimum atomic E-state index is -0.484. The van der Waals surface area contributed by atoms with Crippen LogP contribution in [0.15, 0.2) is 23.6 Å². The third-order valence-electron chi connectivity index (χ3n) is 4.00. The Hall–Kier alpha value is -2.41. The molecule has 2 heterocycles. The van der Waals surface area contributed by atoms with E-state index in [4.69, 9.17) is 4.74 Å². The fraction of sp³-hybridized carbons (Fsp3) is 0.389. The van der Waals surface area contributed by atoms with Crippen molar-refractivity contribution < 1.29 is 14.3 Å². The highest BCUT2D eigenvalue weighted by Gasteiger charge is 2.29. The average molecular weight is 359 g/mol. The predicted molar refractivity (Wildman–Crippen MR) is 99.1 cm³/mol. The minimum Gasteiger partial charge on any atom is -0.479 e. The third kappa shape index (κ3) is 3.37. The molecule has 7 heteroatoms. The van der Waals surface area contributed by atoms with E-state index >= 15 is 0 Å². The molecule has 1 aliphatic heterocycles. The number of benzene rings is 1. The van der Waals surface area contributed by atoms with Gasteiger partial charge in [0.25, 0.3) is 5.91 Å². The Labute approximate surface area is 150 Å². The van der Waals surface area contributed by atoms with Gasteiger partial charge in [0.1, 0.15) is 5.75 Å². The van der Waals surface area contributed by atoms with Crippen LogP contribution < -0.4 is 15.0 Å². The summed E-state index contributed by atoms with van der Waals surface area (Å²) < 4.78 is 5.63. The first-order valence-corrected chi connectivity index (χ1v) is 8.90. The van der Waals surface area contributed by atoms with Crippen molar-refractivity contribution in [1.29, 1.82) is 0 Å². The topological polar surface area (TPSA) is 71.5 Å². The number of carbonyl (C=O) groups excluding carboxylic acids is 2. The van der Waals surface area contributed by atoms with E-state index in [0.717, 1.165) is 11.3 Å². The molecule has 1 aromatic carbocycles. The van der Waals surface area contributed by atoms with Gasteiger partial charge in [-0.25, -0.2) is 4.98 Å². The largest absolute Gasteiger partial charge is 0.479 e. The number of ether oxygens (including phenoxy) is 1. The van der Waals surface area contributed by atoms with Crippen LogP contribution in [0.1, 0.15) is 27.7 Å². The number of thiazole rings is 1. The average Bonchev–Trinajstić information content (AvgIpc) is 3.00. The summed E-state index contributed by atoms with van der Waals surface area (Å²) in [7, 11) is 1.74. The van der Waals surface area contributed by atoms with Gasteiger partial charge in [-0.2, -0.15) is 0 Å². The maximum absolute atomic E-state index is 12.1. The summed E-state index contributed by atoms with van der Waals surface area (Å²) in [5, 5.41) is 5.28. The lowest BCUT2D eigenvalue weighted by molar-refractivity contribution is -0.125. The quantitative estimate of drug-likeness (QED) is 0.890. The number of hydrogen-bond donors (Lipinski definition) is 1. The first kappa shape index (κ1) is 17.4. The molecule has 2 amide bonds. The van der Waals surface area contributed by atoms with Crippen molar-refractivity contribution in [3.63, 3.8) is 0 Å². The summed E-state index contributed by atoms with van der Waals surface area (Å²) in [5.41, 5.74) is 1.85. The zero-order valence-corrected chi connectivity index (χ0v) is 15.7. The van der Waals surface area contributed by atoms with Crippen molar-refractivity contribution >= 4 is 34.0 Å². The van der Waals surface area contributed by atoms with Gasteiger partial charge in [0.2, 0.25) is 5.91 Å². The van der Waals surface area contributed by atoms with Crippen molar-refractivity contribution in [2.45, 2.75) is 33.8 Å². The number of nitrogens with one attached hydrogen (secondary N) is 1. The molecule has 1 aliphatic rings. The summed E-state index contributed by atoms with van der Waals surface area (Å²) in [6.07, 6.45) is -0.484. The molecule has 132 valence electrons. The van der Waals surface area contributed by atoms with Crippen molar-refractivity contribution in [2.75, 3.05) is 17.3 Å². The van der Waals surface area contributed by atoms with Gasteiger partial charge in [0.05, 0.1) is 11.4 Å². The second kappa shape index (κ2) is 6.15. The highest BCUT2D eigenvalue weighted by molar-refractivity contribution is 7.14. The van der Waals surface area contributed by atoms with Crippen molar-refractivity contribution in [3.05, 3.63) is 23.6 Å². The van der Waals surface area contributed by atoms with E-state index in [9.17, 15) is 9.59 Å². The summed E-state index contributed by atoms with van der Waals surface area (Å²) in [6.45, 7) is 7.30. The smallest absolute Gasteiger partial charge is 0.267 e. The number of carbonyl (C=O) groups is 2. The molecule has 1 aromatic heterocycles. The van der Waals surface area contributed by atoms with E-state index in [1.54, 1.807) is 18.9 Å². The number of aromatic nitrogens is 1. The standard InChI is InChI=1S/C18H21N3O3S/c1-10-15(22)21(5)13-8-11(6-7-14(13)24-10)12-9-25-17(19-12)20-16(23)18(2,3)4/h6-10H,1-5H3,(H,19,20,23)/t10-/m1/s1. The van der Waals surface area contributed by atoms with Gasteiger partial charge < -0.3 is 15.0 Å². The molecule has 0 saturated heterocycles. The van der Waals surface area contributed by atoms with E-state index in [1.807, 2.05) is 44.4 Å². The molecular formula is C18H21N3O3S. The van der Waals surface area contributed by atoms with Gasteiger partial charge in [-0.15, -0.1) is 11.3 Å². The number of hydrogen-bond acceptors (Lipinski definition) is 5. The molecule has 1 N–H and O–H groups in total. The zero-order chi connectivity index (χ0) is 18.4. The summed E-state index contributed by atoms with van der Waals surface area (Å²) in [4.78, 5) is 30.3. The molecule has 6 nitrogen and oxygen atoms in total. The number of amides is 2. The third-order valence-corrected chi connectivity index (χ3v) is 4.76. The van der Waals surface area contributed by atoms with Crippen LogP contribution in [0.3, 0.4) is 0 Å². The molecule has 0 fully saturated rings. The Kier molecular flexibility index (Phi) is 4.28. The number of anilines is 2. The van der Waals surface area contributed by atoms with Crippen molar-refractivity contribution in [1.82, 2.24) is 4.98 Å². The fourth-order valence-electron chi connectivity index (χ4n) is 2.42. The lowest BCUT2D eigenvalue weighted by Crippen LogP contribution is -2.41. The maximum Gasteiger partial charge on any atom is 0.267 e. The van der Waals surface area contributed by atoms with Gasteiger partial charge in [-0.1, -0.05) is 20.8 Å². The molecule has 0 bridgehead atoms. The SMILES string of the molecule is C[C@H]1Oc2ccc(-c3csc(NC(=O)C(C)(C)C)n3)cc2N(C)C1=O. The van der Waals surface area contributed by atoms with Crippen LogP contribution in [0.5, 0.6) is 5.75 Å². The van der Waals surface area contributed by atoms with Gasteiger partial charge >= 0.3 is 0 Å². The minimum absolute atomic E-state index is 0.0773. The highest BCUT2D eigenvalue weighted by Crippen LogP contribution is 2.37. The zero-order valence-electron chi connectivity index (χ0n) is 14.9. The van der Waals surface area contributed by atoms with Crippen LogP contribution in [0, 0.1) is 5.41 Å². The summed E-state index contributed by atoms with van der Waals surface area (Å²) >= 11 is 1.37. The second-order valence-corrected chi connectivity index (χ2v) is 7.94. The molecular weight excluding hydrogens is 338 g/mol. The highest BCUT2D eigenvalue weighted by atomic mass is 32.1. The lowest BCUT2D eigenvalue weighted by Gasteiger charge is -2.30. The van der Waals surface area contributed by atoms with Gasteiger partial charge in [0, 0.05) is 23.4 Å². The van der Waals surface area contributed by atoms with E-state index in [0.29, 0.717) is 16.6 Å². The first-order valence-electron chi connectivity index (χ1n) is 8.02. The molecule has 0 unspecified atom stereocenters. The number of rotatable bonds is 2. The van der Waals surface area contributed by atoms with Crippen LogP contribution in [0.4, 0.5) is 10.8 Å². The van der Waals surface area contributed by atoms with Gasteiger partial charge in [0.15, 0.2) is 11.2 Å². The molecule has 0 aliphatic carbocycles. The Balaban J connectivity index is 1.87. The summed E-state index contributed by atoms with van der Waals surface area (Å²) in [6, 6.07) is 5.62. The molecule has 25 heavy (non-hydrogen) atoms. The van der Waals surface area contributed by atoms with Crippen molar-refractivity contribution in [2.24, 2.45) is 5.41 Å². The molecule has 0 radical (unpaired) electrons. The van der Waals surface area contributed by atoms with E-state index < -0.39 is 11.5 Å². The summed E-state index contributed by atoms with van der Waals surface area (Å²) in [5.74, 6) is 0.516. The van der Waals surface area contributed by atoms with Crippen LogP contribution in [-0.4, -0.2) is 29.9 Å². The monoisotopic (exact) mass is 359 g/mol. The van der Waals surface area contributed by atoms with Crippen molar-refractivity contribution in [3.8, 4) is 17.0 Å². The molecule has 0 saturated carbocycles. The molecule has 1 atom stereocenters. The Bertz CT molecular complexity index is 838. The van der Waals surface area contributed by atoms with E-state index in [1.165, 1.54) is 11.3 Å². The van der Waals surface area contributed by atoms with Crippen LogP contribution >= 0.6 is 11.3 Å². The maximum atomic E-state index is 12.1. The molecule has 3 rings (SSSR count).